The molecule has 0 heterocycles. The number of nitrogens with two attached hydrogens (primary N) is 1. The van der Waals surface area contributed by atoms with Gasteiger partial charge < -0.3 is 10.8 Å². The lowest BCUT2D eigenvalue weighted by Crippen LogP contribution is -2.03. The minimum Gasteiger partial charge on any atom is -0.508 e. The van der Waals surface area contributed by atoms with Crippen molar-refractivity contribution in [2.24, 2.45) is 5.73 Å². The Labute approximate surface area is 79.4 Å². The molecule has 1 aromatic rings. The van der Waals surface area contributed by atoms with E-state index in [1.54, 1.807) is 0 Å². The Morgan fingerprint density at radius 3 is 2.54 bits per heavy atom. The highest BCUT2D eigenvalue weighted by Gasteiger charge is 2.04. The molecule has 0 aliphatic heterocycles. The molecule has 1 aromatic carbocycles. The standard InChI is InChI=1S/C11H17NO/c1-8(2)10-4-3-9(5-6-12)11(13)7-10/h3-4,7-8,13H,5-6,12H2,1-2H3. The number of rotatable bonds is 3. The Balaban J connectivity index is 2.92. The maximum Gasteiger partial charge on any atom is 0.119 e. The van der Waals surface area contributed by atoms with Crippen LogP contribution < -0.4 is 5.73 Å². The second kappa shape index (κ2) is 4.28. The van der Waals surface area contributed by atoms with E-state index in [1.807, 2.05) is 12.1 Å². The second-order valence-corrected chi connectivity index (χ2v) is 3.58. The van der Waals surface area contributed by atoms with Gasteiger partial charge in [0, 0.05) is 0 Å². The van der Waals surface area contributed by atoms with Crippen molar-refractivity contribution in [2.45, 2.75) is 26.2 Å². The summed E-state index contributed by atoms with van der Waals surface area (Å²) < 4.78 is 0. The summed E-state index contributed by atoms with van der Waals surface area (Å²) in [6.45, 7) is 4.79. The van der Waals surface area contributed by atoms with Gasteiger partial charge in [0.25, 0.3) is 0 Å². The van der Waals surface area contributed by atoms with Crippen molar-refractivity contribution in [3.63, 3.8) is 0 Å². The van der Waals surface area contributed by atoms with E-state index >= 15 is 0 Å². The summed E-state index contributed by atoms with van der Waals surface area (Å²) in [5.41, 5.74) is 7.52. The molecule has 0 spiro atoms. The van der Waals surface area contributed by atoms with E-state index in [0.29, 0.717) is 18.2 Å². The smallest absolute Gasteiger partial charge is 0.119 e. The summed E-state index contributed by atoms with van der Waals surface area (Å²) in [6.07, 6.45) is 0.740. The number of hydrogen-bond donors (Lipinski definition) is 2. The van der Waals surface area contributed by atoms with E-state index in [-0.39, 0.29) is 0 Å². The maximum absolute atomic E-state index is 9.62. The fourth-order valence-corrected chi connectivity index (χ4v) is 1.31. The highest BCUT2D eigenvalue weighted by Crippen LogP contribution is 2.23. The number of aromatic hydroxyl groups is 1. The number of benzene rings is 1. The van der Waals surface area contributed by atoms with Gasteiger partial charge in [0.2, 0.25) is 0 Å². The molecule has 0 aliphatic rings. The summed E-state index contributed by atoms with van der Waals surface area (Å²) >= 11 is 0. The number of hydrogen-bond acceptors (Lipinski definition) is 2. The molecule has 0 saturated carbocycles. The highest BCUT2D eigenvalue weighted by atomic mass is 16.3. The number of phenols is 1. The summed E-state index contributed by atoms with van der Waals surface area (Å²) in [4.78, 5) is 0. The largest absolute Gasteiger partial charge is 0.508 e. The minimum absolute atomic E-state index is 0.372. The predicted molar refractivity (Wildman–Crippen MR) is 55.0 cm³/mol. The Bertz CT molecular complexity index is 281. The van der Waals surface area contributed by atoms with Crippen LogP contribution in [-0.2, 0) is 6.42 Å². The number of phenolic OH excluding ortho intramolecular Hbond substituents is 1. The lowest BCUT2D eigenvalue weighted by Gasteiger charge is -2.08. The molecule has 0 aliphatic carbocycles. The van der Waals surface area contributed by atoms with Crippen LogP contribution in [0, 0.1) is 0 Å². The van der Waals surface area contributed by atoms with Crippen LogP contribution in [0.1, 0.15) is 30.9 Å². The van der Waals surface area contributed by atoms with E-state index < -0.39 is 0 Å². The first-order chi connectivity index (χ1) is 6.15. The summed E-state index contributed by atoms with van der Waals surface area (Å²) in [5.74, 6) is 0.828. The predicted octanol–water partition coefficient (Wildman–Crippen LogP) is 2.02. The van der Waals surface area contributed by atoms with Crippen LogP contribution in [0.5, 0.6) is 5.75 Å². The molecular formula is C11H17NO. The molecule has 3 N–H and O–H groups in total. The zero-order valence-corrected chi connectivity index (χ0v) is 8.25. The van der Waals surface area contributed by atoms with Crippen molar-refractivity contribution in [1.82, 2.24) is 0 Å². The van der Waals surface area contributed by atoms with E-state index in [0.717, 1.165) is 12.0 Å². The first kappa shape index (κ1) is 10.1. The van der Waals surface area contributed by atoms with Gasteiger partial charge in [-0.3, -0.25) is 0 Å². The summed E-state index contributed by atoms with van der Waals surface area (Å²) in [5, 5.41) is 9.62. The Hall–Kier alpha value is -1.02. The molecule has 0 aromatic heterocycles. The van der Waals surface area contributed by atoms with Gasteiger partial charge >= 0.3 is 0 Å². The van der Waals surface area contributed by atoms with Crippen molar-refractivity contribution < 1.29 is 5.11 Å². The quantitative estimate of drug-likeness (QED) is 0.745. The van der Waals surface area contributed by atoms with Gasteiger partial charge in [-0.25, -0.2) is 0 Å². The van der Waals surface area contributed by atoms with Crippen molar-refractivity contribution in [2.75, 3.05) is 6.54 Å². The van der Waals surface area contributed by atoms with Gasteiger partial charge in [-0.05, 0) is 36.1 Å². The summed E-state index contributed by atoms with van der Waals surface area (Å²) in [7, 11) is 0. The molecule has 72 valence electrons. The average Bonchev–Trinajstić information content (AvgIpc) is 2.08. The van der Waals surface area contributed by atoms with Gasteiger partial charge in [0.1, 0.15) is 5.75 Å². The Morgan fingerprint density at radius 2 is 2.08 bits per heavy atom. The third kappa shape index (κ3) is 2.46. The molecule has 0 fully saturated rings. The zero-order chi connectivity index (χ0) is 9.84. The van der Waals surface area contributed by atoms with Crippen molar-refractivity contribution in [3.05, 3.63) is 29.3 Å². The SMILES string of the molecule is CC(C)c1ccc(CCN)c(O)c1. The first-order valence-corrected chi connectivity index (χ1v) is 4.67. The fourth-order valence-electron chi connectivity index (χ4n) is 1.31. The Kier molecular flexibility index (Phi) is 3.32. The van der Waals surface area contributed by atoms with Crippen LogP contribution in [0.3, 0.4) is 0 Å². The van der Waals surface area contributed by atoms with Crippen LogP contribution in [0.15, 0.2) is 18.2 Å². The van der Waals surface area contributed by atoms with Gasteiger partial charge in [-0.2, -0.15) is 0 Å². The molecule has 13 heavy (non-hydrogen) atoms. The van der Waals surface area contributed by atoms with Gasteiger partial charge in [-0.1, -0.05) is 26.0 Å². The normalized spacial score (nSPS) is 10.8. The van der Waals surface area contributed by atoms with Crippen LogP contribution in [-0.4, -0.2) is 11.7 Å². The van der Waals surface area contributed by atoms with E-state index in [1.165, 1.54) is 5.56 Å². The monoisotopic (exact) mass is 179 g/mol. The highest BCUT2D eigenvalue weighted by molar-refractivity contribution is 5.37. The molecular weight excluding hydrogens is 162 g/mol. The molecule has 0 unspecified atom stereocenters. The molecule has 0 bridgehead atoms. The van der Waals surface area contributed by atoms with Gasteiger partial charge in [-0.15, -0.1) is 0 Å². The molecule has 0 saturated heterocycles. The Morgan fingerprint density at radius 1 is 1.38 bits per heavy atom. The van der Waals surface area contributed by atoms with Crippen LogP contribution in [0.25, 0.3) is 0 Å². The third-order valence-corrected chi connectivity index (χ3v) is 2.19. The van der Waals surface area contributed by atoms with Crippen molar-refractivity contribution >= 4 is 0 Å². The lowest BCUT2D eigenvalue weighted by molar-refractivity contribution is 0.467. The molecule has 0 radical (unpaired) electrons. The van der Waals surface area contributed by atoms with Gasteiger partial charge in [0.15, 0.2) is 0 Å². The third-order valence-electron chi connectivity index (χ3n) is 2.19. The first-order valence-electron chi connectivity index (χ1n) is 4.67. The summed E-state index contributed by atoms with van der Waals surface area (Å²) in [6, 6.07) is 5.84. The van der Waals surface area contributed by atoms with Crippen LogP contribution in [0.4, 0.5) is 0 Å². The topological polar surface area (TPSA) is 46.2 Å². The molecule has 0 amide bonds. The van der Waals surface area contributed by atoms with Crippen molar-refractivity contribution in [1.29, 1.82) is 0 Å². The molecule has 2 nitrogen and oxygen atoms in total. The van der Waals surface area contributed by atoms with E-state index in [9.17, 15) is 5.11 Å². The molecule has 0 atom stereocenters. The van der Waals surface area contributed by atoms with E-state index in [2.05, 4.69) is 19.9 Å². The van der Waals surface area contributed by atoms with Crippen LogP contribution in [0.2, 0.25) is 0 Å². The maximum atomic E-state index is 9.62. The lowest BCUT2D eigenvalue weighted by atomic mass is 10.00. The van der Waals surface area contributed by atoms with E-state index in [4.69, 9.17) is 5.73 Å². The average molecular weight is 179 g/mol. The second-order valence-electron chi connectivity index (χ2n) is 3.58. The fraction of sp³-hybridized carbons (Fsp3) is 0.455. The van der Waals surface area contributed by atoms with Crippen molar-refractivity contribution in [3.8, 4) is 5.75 Å². The molecule has 2 heteroatoms. The zero-order valence-electron chi connectivity index (χ0n) is 8.25. The van der Waals surface area contributed by atoms with Gasteiger partial charge in [0.05, 0.1) is 0 Å². The van der Waals surface area contributed by atoms with Crippen LogP contribution >= 0.6 is 0 Å². The molecule has 1 rings (SSSR count). The minimum atomic E-state index is 0.372.